The van der Waals surface area contributed by atoms with Crippen molar-refractivity contribution in [2.45, 2.75) is 44.2 Å². The van der Waals surface area contributed by atoms with Crippen LogP contribution in [0.1, 0.15) is 32.1 Å². The molecular weight excluding hydrogens is 202 g/mol. The Morgan fingerprint density at radius 1 is 1.36 bits per heavy atom. The van der Waals surface area contributed by atoms with Crippen LogP contribution < -0.4 is 0 Å². The molecule has 0 N–H and O–H groups in total. The summed E-state index contributed by atoms with van der Waals surface area (Å²) < 4.78 is 6.72. The van der Waals surface area contributed by atoms with Crippen molar-refractivity contribution in [2.24, 2.45) is 5.92 Å². The van der Waals surface area contributed by atoms with E-state index >= 15 is 0 Å². The first-order valence-corrected chi connectivity index (χ1v) is 5.58. The van der Waals surface area contributed by atoms with E-state index in [2.05, 4.69) is 0 Å². The maximum atomic E-state index is 11.4. The van der Waals surface area contributed by atoms with Gasteiger partial charge in [-0.25, -0.2) is 4.42 Å². The van der Waals surface area contributed by atoms with Crippen LogP contribution in [0.15, 0.2) is 0 Å². The van der Waals surface area contributed by atoms with Crippen LogP contribution in [-0.2, 0) is 9.53 Å². The van der Waals surface area contributed by atoms with Gasteiger partial charge < -0.3 is 4.74 Å². The van der Waals surface area contributed by atoms with Gasteiger partial charge in [-0.3, -0.25) is 4.79 Å². The van der Waals surface area contributed by atoms with E-state index in [1.807, 2.05) is 4.42 Å². The molecule has 0 radical (unpaired) electrons. The van der Waals surface area contributed by atoms with Crippen LogP contribution in [0.5, 0.6) is 0 Å². The highest BCUT2D eigenvalue weighted by molar-refractivity contribution is 6.13. The molecule has 2 aliphatic heterocycles. The van der Waals surface area contributed by atoms with Gasteiger partial charge in [0.05, 0.1) is 13.0 Å². The van der Waals surface area contributed by atoms with Crippen LogP contribution in [0.3, 0.4) is 0 Å². The van der Waals surface area contributed by atoms with Gasteiger partial charge in [0.25, 0.3) is 0 Å². The molecule has 2 unspecified atom stereocenters. The zero-order valence-corrected chi connectivity index (χ0v) is 9.17. The summed E-state index contributed by atoms with van der Waals surface area (Å²) in [5.74, 6) is 0.0111. The molecule has 2 aliphatic rings. The van der Waals surface area contributed by atoms with Crippen molar-refractivity contribution in [1.29, 1.82) is 0 Å². The van der Waals surface area contributed by atoms with Crippen molar-refractivity contribution < 1.29 is 9.53 Å². The minimum Gasteiger partial charge on any atom is -0.469 e. The Kier molecular flexibility index (Phi) is 2.98. The third kappa shape index (κ3) is 1.75. The molecule has 2 saturated heterocycles. The van der Waals surface area contributed by atoms with E-state index in [1.54, 1.807) is 0 Å². The first kappa shape index (κ1) is 10.2. The summed E-state index contributed by atoms with van der Waals surface area (Å²) in [5.41, 5.74) is 0. The molecule has 4 heteroatoms. The number of hydrogen-bond donors (Lipinski definition) is 0. The number of hydrogen-bond acceptors (Lipinski definition) is 3. The normalized spacial score (nSPS) is 38.0. The summed E-state index contributed by atoms with van der Waals surface area (Å²) in [6, 6.07) is 0.765. The summed E-state index contributed by atoms with van der Waals surface area (Å²) in [4.78, 5) is 11.4. The molecule has 14 heavy (non-hydrogen) atoms. The Hall–Kier alpha value is -0.280. The highest BCUT2D eigenvalue weighted by Gasteiger charge is 2.40. The number of ether oxygens (including phenoxy) is 1. The molecule has 0 saturated carbocycles. The van der Waals surface area contributed by atoms with Gasteiger partial charge in [0.2, 0.25) is 0 Å². The molecule has 2 rings (SSSR count). The smallest absolute Gasteiger partial charge is 0.308 e. The molecule has 2 heterocycles. The van der Waals surface area contributed by atoms with Gasteiger partial charge in [-0.15, -0.1) is 0 Å². The number of carbonyl (C=O) groups excluding carboxylic acids is 1. The van der Waals surface area contributed by atoms with E-state index in [-0.39, 0.29) is 11.9 Å². The fourth-order valence-corrected chi connectivity index (χ4v) is 3.04. The van der Waals surface area contributed by atoms with E-state index in [0.717, 1.165) is 25.7 Å². The first-order valence-electron chi connectivity index (χ1n) is 5.24. The first-order chi connectivity index (χ1) is 6.72. The number of methoxy groups -OCH3 is 1. The Labute approximate surface area is 89.5 Å². The fraction of sp³-hybridized carbons (Fsp3) is 0.900. The van der Waals surface area contributed by atoms with Crippen molar-refractivity contribution in [2.75, 3.05) is 7.11 Å². The van der Waals surface area contributed by atoms with Gasteiger partial charge in [0, 0.05) is 12.1 Å². The van der Waals surface area contributed by atoms with E-state index in [0.29, 0.717) is 12.1 Å². The summed E-state index contributed by atoms with van der Waals surface area (Å²) in [6.45, 7) is 0. The second kappa shape index (κ2) is 4.07. The van der Waals surface area contributed by atoms with Crippen molar-refractivity contribution >= 4 is 17.7 Å². The molecule has 0 aliphatic carbocycles. The fourth-order valence-electron chi connectivity index (χ4n) is 2.68. The predicted octanol–water partition coefficient (Wildman–Crippen LogP) is 1.95. The highest BCUT2D eigenvalue weighted by Crippen LogP contribution is 2.38. The Morgan fingerprint density at radius 3 is 2.43 bits per heavy atom. The van der Waals surface area contributed by atoms with Crippen molar-refractivity contribution in [1.82, 2.24) is 4.42 Å². The summed E-state index contributed by atoms with van der Waals surface area (Å²) in [7, 11) is 1.46. The molecule has 2 fully saturated rings. The summed E-state index contributed by atoms with van der Waals surface area (Å²) in [5, 5.41) is 0. The largest absolute Gasteiger partial charge is 0.469 e. The lowest BCUT2D eigenvalue weighted by Gasteiger charge is -2.44. The number of nitrogens with zero attached hydrogens (tertiary/aromatic N) is 1. The van der Waals surface area contributed by atoms with E-state index < -0.39 is 0 Å². The highest BCUT2D eigenvalue weighted by atomic mass is 35.5. The number of halogens is 1. The Balaban J connectivity index is 2.03. The molecule has 2 bridgehead atoms. The maximum Gasteiger partial charge on any atom is 0.308 e. The summed E-state index contributed by atoms with van der Waals surface area (Å²) >= 11 is 6.18. The molecule has 3 nitrogen and oxygen atoms in total. The van der Waals surface area contributed by atoms with Crippen molar-refractivity contribution in [3.63, 3.8) is 0 Å². The zero-order chi connectivity index (χ0) is 10.1. The molecule has 0 spiro atoms. The van der Waals surface area contributed by atoms with E-state index in [4.69, 9.17) is 16.5 Å². The average molecular weight is 218 g/mol. The van der Waals surface area contributed by atoms with Crippen LogP contribution >= 0.6 is 11.8 Å². The minimum atomic E-state index is -0.0633. The Morgan fingerprint density at radius 2 is 1.93 bits per heavy atom. The minimum absolute atomic E-state index is 0.0633. The van der Waals surface area contributed by atoms with Gasteiger partial charge in [0.15, 0.2) is 0 Å². The van der Waals surface area contributed by atoms with Gasteiger partial charge in [0.1, 0.15) is 0 Å². The van der Waals surface area contributed by atoms with E-state index in [1.165, 1.54) is 13.5 Å². The molecule has 0 aromatic rings. The van der Waals surface area contributed by atoms with Crippen LogP contribution in [0.2, 0.25) is 0 Å². The SMILES string of the molecule is COC(=O)C1CC2CCCC(C1)N2Cl. The van der Waals surface area contributed by atoms with Crippen LogP contribution in [0.4, 0.5) is 0 Å². The molecule has 0 amide bonds. The van der Waals surface area contributed by atoms with Gasteiger partial charge in [-0.1, -0.05) is 6.42 Å². The molecular formula is C10H16ClNO2. The maximum absolute atomic E-state index is 11.4. The number of piperidine rings is 2. The lowest BCUT2D eigenvalue weighted by Crippen LogP contribution is -2.48. The average Bonchev–Trinajstić information content (AvgIpc) is 2.16. The summed E-state index contributed by atoms with van der Waals surface area (Å²) in [6.07, 6.45) is 5.22. The van der Waals surface area contributed by atoms with E-state index in [9.17, 15) is 4.79 Å². The lowest BCUT2D eigenvalue weighted by atomic mass is 9.80. The van der Waals surface area contributed by atoms with Gasteiger partial charge in [-0.2, -0.15) is 0 Å². The van der Waals surface area contributed by atoms with Crippen LogP contribution in [0, 0.1) is 5.92 Å². The molecule has 0 aromatic carbocycles. The van der Waals surface area contributed by atoms with Gasteiger partial charge >= 0.3 is 5.97 Å². The van der Waals surface area contributed by atoms with Crippen LogP contribution in [0.25, 0.3) is 0 Å². The molecule has 0 aromatic heterocycles. The third-order valence-corrected chi connectivity index (χ3v) is 3.97. The van der Waals surface area contributed by atoms with Gasteiger partial charge in [-0.05, 0) is 37.5 Å². The molecule has 2 atom stereocenters. The number of rotatable bonds is 1. The second-order valence-electron chi connectivity index (χ2n) is 4.27. The van der Waals surface area contributed by atoms with Crippen molar-refractivity contribution in [3.8, 4) is 0 Å². The number of esters is 1. The Bertz CT molecular complexity index is 220. The lowest BCUT2D eigenvalue weighted by molar-refractivity contribution is -0.148. The third-order valence-electron chi connectivity index (χ3n) is 3.42. The standard InChI is InChI=1S/C10H16ClNO2/c1-14-10(13)7-5-8-3-2-4-9(6-7)12(8)11/h7-9H,2-6H2,1H3. The number of fused-ring (bicyclic) bond motifs is 2. The zero-order valence-electron chi connectivity index (χ0n) is 8.41. The second-order valence-corrected chi connectivity index (χ2v) is 4.66. The quantitative estimate of drug-likeness (QED) is 0.497. The number of carbonyl (C=O) groups is 1. The van der Waals surface area contributed by atoms with Crippen LogP contribution in [-0.4, -0.2) is 29.6 Å². The monoisotopic (exact) mass is 217 g/mol. The topological polar surface area (TPSA) is 29.5 Å². The van der Waals surface area contributed by atoms with Crippen molar-refractivity contribution in [3.05, 3.63) is 0 Å². The molecule has 80 valence electrons. The predicted molar refractivity (Wildman–Crippen MR) is 53.9 cm³/mol.